The average Bonchev–Trinajstić information content (AvgIpc) is 2.20. The summed E-state index contributed by atoms with van der Waals surface area (Å²) in [6.45, 7) is 5.30. The maximum absolute atomic E-state index is 11.7. The lowest BCUT2D eigenvalue weighted by molar-refractivity contribution is -0.121. The first-order chi connectivity index (χ1) is 7.18. The van der Waals surface area contributed by atoms with E-state index >= 15 is 0 Å². The summed E-state index contributed by atoms with van der Waals surface area (Å²) in [4.78, 5) is 20.2. The lowest BCUT2D eigenvalue weighted by Crippen LogP contribution is -2.35. The van der Waals surface area contributed by atoms with Gasteiger partial charge in [-0.15, -0.1) is 0 Å². The summed E-state index contributed by atoms with van der Waals surface area (Å²) in [5.74, 6) is 0.996. The van der Waals surface area contributed by atoms with Crippen molar-refractivity contribution in [2.24, 2.45) is 0 Å². The van der Waals surface area contributed by atoms with Gasteiger partial charge in [0.15, 0.2) is 0 Å². The van der Waals surface area contributed by atoms with Gasteiger partial charge in [0.1, 0.15) is 11.6 Å². The van der Waals surface area contributed by atoms with Crippen LogP contribution >= 0.6 is 0 Å². The SMILES string of the molecule is Cc1ncc(C2CNCCC2=O)c(C)n1. The Labute approximate surface area is 89.1 Å². The normalized spacial score (nSPS) is 21.7. The van der Waals surface area contributed by atoms with E-state index in [1.165, 1.54) is 0 Å². The maximum atomic E-state index is 11.7. The lowest BCUT2D eigenvalue weighted by atomic mass is 9.90. The van der Waals surface area contributed by atoms with Crippen LogP contribution in [-0.2, 0) is 4.79 Å². The monoisotopic (exact) mass is 205 g/mol. The largest absolute Gasteiger partial charge is 0.315 e. The van der Waals surface area contributed by atoms with Gasteiger partial charge in [0.05, 0.1) is 5.92 Å². The Morgan fingerprint density at radius 3 is 2.93 bits per heavy atom. The second-order valence-electron chi connectivity index (χ2n) is 3.93. The number of aryl methyl sites for hydroxylation is 2. The molecule has 1 aliphatic heterocycles. The zero-order valence-electron chi connectivity index (χ0n) is 9.08. The molecule has 0 amide bonds. The van der Waals surface area contributed by atoms with Crippen molar-refractivity contribution in [2.75, 3.05) is 13.1 Å². The molecule has 1 unspecified atom stereocenters. The van der Waals surface area contributed by atoms with E-state index in [9.17, 15) is 4.79 Å². The van der Waals surface area contributed by atoms with E-state index in [1.807, 2.05) is 13.8 Å². The molecule has 1 aromatic heterocycles. The molecule has 0 aromatic carbocycles. The third kappa shape index (κ3) is 2.04. The molecule has 0 aliphatic carbocycles. The summed E-state index contributed by atoms with van der Waals surface area (Å²) < 4.78 is 0. The van der Waals surface area contributed by atoms with E-state index < -0.39 is 0 Å². The molecule has 1 saturated heterocycles. The summed E-state index contributed by atoms with van der Waals surface area (Å²) in [7, 11) is 0. The first-order valence-corrected chi connectivity index (χ1v) is 5.22. The van der Waals surface area contributed by atoms with Crippen molar-refractivity contribution in [3.05, 3.63) is 23.3 Å². The second kappa shape index (κ2) is 4.06. The molecule has 15 heavy (non-hydrogen) atoms. The van der Waals surface area contributed by atoms with Gasteiger partial charge in [-0.2, -0.15) is 0 Å². The van der Waals surface area contributed by atoms with Crippen molar-refractivity contribution in [3.63, 3.8) is 0 Å². The molecule has 1 atom stereocenters. The third-order valence-electron chi connectivity index (χ3n) is 2.80. The Hall–Kier alpha value is -1.29. The molecule has 0 radical (unpaired) electrons. The number of nitrogens with zero attached hydrogens (tertiary/aromatic N) is 2. The lowest BCUT2D eigenvalue weighted by Gasteiger charge is -2.22. The van der Waals surface area contributed by atoms with Crippen molar-refractivity contribution in [2.45, 2.75) is 26.2 Å². The number of aromatic nitrogens is 2. The summed E-state index contributed by atoms with van der Waals surface area (Å²) in [5.41, 5.74) is 1.89. The number of carbonyl (C=O) groups is 1. The van der Waals surface area contributed by atoms with Crippen LogP contribution in [0.5, 0.6) is 0 Å². The fraction of sp³-hybridized carbons (Fsp3) is 0.545. The van der Waals surface area contributed by atoms with E-state index in [0.29, 0.717) is 18.7 Å². The fourth-order valence-corrected chi connectivity index (χ4v) is 1.96. The number of rotatable bonds is 1. The topological polar surface area (TPSA) is 54.9 Å². The molecular weight excluding hydrogens is 190 g/mol. The van der Waals surface area contributed by atoms with Crippen LogP contribution in [-0.4, -0.2) is 28.8 Å². The Morgan fingerprint density at radius 2 is 2.27 bits per heavy atom. The van der Waals surface area contributed by atoms with E-state index in [1.54, 1.807) is 6.20 Å². The number of Topliss-reactive ketones (excluding diaryl/α,β-unsaturated/α-hetero) is 1. The van der Waals surface area contributed by atoms with Gasteiger partial charge in [-0.3, -0.25) is 4.79 Å². The number of nitrogens with one attached hydrogen (secondary N) is 1. The van der Waals surface area contributed by atoms with Crippen LogP contribution in [0.15, 0.2) is 6.20 Å². The molecular formula is C11H15N3O. The zero-order chi connectivity index (χ0) is 10.8. The van der Waals surface area contributed by atoms with E-state index in [2.05, 4.69) is 15.3 Å². The average molecular weight is 205 g/mol. The minimum Gasteiger partial charge on any atom is -0.315 e. The van der Waals surface area contributed by atoms with Crippen LogP contribution in [0.4, 0.5) is 0 Å². The van der Waals surface area contributed by atoms with Crippen LogP contribution < -0.4 is 5.32 Å². The number of hydrogen-bond donors (Lipinski definition) is 1. The van der Waals surface area contributed by atoms with Crippen LogP contribution in [0, 0.1) is 13.8 Å². The predicted octanol–water partition coefficient (Wildman–Crippen LogP) is 0.739. The highest BCUT2D eigenvalue weighted by atomic mass is 16.1. The van der Waals surface area contributed by atoms with Gasteiger partial charge in [-0.1, -0.05) is 0 Å². The molecule has 2 rings (SSSR count). The Kier molecular flexibility index (Phi) is 2.77. The minimum absolute atomic E-state index is 0.0562. The Bertz CT molecular complexity index is 389. The van der Waals surface area contributed by atoms with E-state index in [0.717, 1.165) is 23.6 Å². The van der Waals surface area contributed by atoms with Crippen LogP contribution in [0.2, 0.25) is 0 Å². The van der Waals surface area contributed by atoms with Crippen molar-refractivity contribution in [1.29, 1.82) is 0 Å². The molecule has 0 spiro atoms. The zero-order valence-corrected chi connectivity index (χ0v) is 9.08. The second-order valence-corrected chi connectivity index (χ2v) is 3.93. The molecule has 1 fully saturated rings. The first kappa shape index (κ1) is 10.2. The number of carbonyl (C=O) groups excluding carboxylic acids is 1. The van der Waals surface area contributed by atoms with Gasteiger partial charge < -0.3 is 5.32 Å². The van der Waals surface area contributed by atoms with Gasteiger partial charge in [-0.05, 0) is 13.8 Å². The summed E-state index contributed by atoms with van der Waals surface area (Å²) in [6.07, 6.45) is 2.39. The van der Waals surface area contributed by atoms with Crippen molar-refractivity contribution in [1.82, 2.24) is 15.3 Å². The van der Waals surface area contributed by atoms with Gasteiger partial charge >= 0.3 is 0 Å². The highest BCUT2D eigenvalue weighted by Crippen LogP contribution is 2.21. The Balaban J connectivity index is 2.31. The molecule has 80 valence electrons. The molecule has 1 aromatic rings. The van der Waals surface area contributed by atoms with Gasteiger partial charge in [0.25, 0.3) is 0 Å². The van der Waals surface area contributed by atoms with Crippen LogP contribution in [0.1, 0.15) is 29.4 Å². The molecule has 2 heterocycles. The highest BCUT2D eigenvalue weighted by molar-refractivity contribution is 5.87. The van der Waals surface area contributed by atoms with Crippen molar-refractivity contribution in [3.8, 4) is 0 Å². The summed E-state index contributed by atoms with van der Waals surface area (Å²) in [5, 5.41) is 3.23. The number of ketones is 1. The van der Waals surface area contributed by atoms with Gasteiger partial charge in [0, 0.05) is 37.0 Å². The molecule has 0 saturated carbocycles. The third-order valence-corrected chi connectivity index (χ3v) is 2.80. The quantitative estimate of drug-likeness (QED) is 0.734. The van der Waals surface area contributed by atoms with Gasteiger partial charge in [0.2, 0.25) is 0 Å². The molecule has 4 nitrogen and oxygen atoms in total. The molecule has 0 bridgehead atoms. The number of hydrogen-bond acceptors (Lipinski definition) is 4. The first-order valence-electron chi connectivity index (χ1n) is 5.22. The van der Waals surface area contributed by atoms with Crippen LogP contribution in [0.25, 0.3) is 0 Å². The molecule has 1 aliphatic rings. The molecule has 1 N–H and O–H groups in total. The fourth-order valence-electron chi connectivity index (χ4n) is 1.96. The van der Waals surface area contributed by atoms with Crippen molar-refractivity contribution < 1.29 is 4.79 Å². The van der Waals surface area contributed by atoms with Gasteiger partial charge in [-0.25, -0.2) is 9.97 Å². The summed E-state index contributed by atoms with van der Waals surface area (Å²) >= 11 is 0. The highest BCUT2D eigenvalue weighted by Gasteiger charge is 2.25. The maximum Gasteiger partial charge on any atom is 0.143 e. The summed E-state index contributed by atoms with van der Waals surface area (Å²) in [6, 6.07) is 0. The molecule has 4 heteroatoms. The minimum atomic E-state index is -0.0562. The van der Waals surface area contributed by atoms with E-state index in [4.69, 9.17) is 0 Å². The standard InChI is InChI=1S/C11H15N3O/c1-7-9(6-13-8(2)14-7)10-5-12-4-3-11(10)15/h6,10,12H,3-5H2,1-2H3. The van der Waals surface area contributed by atoms with E-state index in [-0.39, 0.29) is 5.92 Å². The Morgan fingerprint density at radius 1 is 1.47 bits per heavy atom. The smallest absolute Gasteiger partial charge is 0.143 e. The van der Waals surface area contributed by atoms with Crippen LogP contribution in [0.3, 0.4) is 0 Å². The van der Waals surface area contributed by atoms with Crippen molar-refractivity contribution >= 4 is 5.78 Å². The predicted molar refractivity (Wildman–Crippen MR) is 56.7 cm³/mol. The number of piperidine rings is 1.